The predicted molar refractivity (Wildman–Crippen MR) is 75.3 cm³/mol. The van der Waals surface area contributed by atoms with Crippen molar-refractivity contribution in [3.63, 3.8) is 0 Å². The minimum atomic E-state index is 0.612. The van der Waals surface area contributed by atoms with E-state index in [0.29, 0.717) is 15.7 Å². The SMILES string of the molecule is Cc1cc(Nc2cccc(Cl)c2)c(N)cc1Cl. The molecule has 0 aromatic heterocycles. The molecule has 2 aromatic rings. The second-order valence-electron chi connectivity index (χ2n) is 3.82. The molecule has 0 heterocycles. The maximum Gasteiger partial charge on any atom is 0.0621 e. The number of benzene rings is 2. The molecule has 0 saturated carbocycles. The van der Waals surface area contributed by atoms with Gasteiger partial charge in [0.2, 0.25) is 0 Å². The normalized spacial score (nSPS) is 10.3. The summed E-state index contributed by atoms with van der Waals surface area (Å²) in [6.45, 7) is 1.94. The summed E-state index contributed by atoms with van der Waals surface area (Å²) < 4.78 is 0. The van der Waals surface area contributed by atoms with Gasteiger partial charge in [-0.25, -0.2) is 0 Å². The monoisotopic (exact) mass is 266 g/mol. The number of nitrogen functional groups attached to an aromatic ring is 1. The summed E-state index contributed by atoms with van der Waals surface area (Å²) in [6.07, 6.45) is 0. The number of rotatable bonds is 2. The molecule has 0 atom stereocenters. The Kier molecular flexibility index (Phi) is 3.46. The van der Waals surface area contributed by atoms with Crippen LogP contribution in [0, 0.1) is 6.92 Å². The van der Waals surface area contributed by atoms with Gasteiger partial charge in [-0.15, -0.1) is 0 Å². The van der Waals surface area contributed by atoms with Gasteiger partial charge < -0.3 is 11.1 Å². The summed E-state index contributed by atoms with van der Waals surface area (Å²) in [5, 5.41) is 4.56. The second kappa shape index (κ2) is 4.86. The molecule has 0 fully saturated rings. The Bertz CT molecular complexity index is 553. The first-order valence-corrected chi connectivity index (χ1v) is 5.90. The number of aryl methyl sites for hydroxylation is 1. The van der Waals surface area contributed by atoms with E-state index < -0.39 is 0 Å². The molecule has 4 heteroatoms. The van der Waals surface area contributed by atoms with E-state index >= 15 is 0 Å². The van der Waals surface area contributed by atoms with Gasteiger partial charge >= 0.3 is 0 Å². The van der Waals surface area contributed by atoms with E-state index in [0.717, 1.165) is 16.9 Å². The first-order valence-electron chi connectivity index (χ1n) is 5.14. The topological polar surface area (TPSA) is 38.0 Å². The van der Waals surface area contributed by atoms with E-state index in [9.17, 15) is 0 Å². The van der Waals surface area contributed by atoms with Crippen LogP contribution < -0.4 is 11.1 Å². The van der Waals surface area contributed by atoms with Crippen LogP contribution in [0.5, 0.6) is 0 Å². The molecule has 3 N–H and O–H groups in total. The number of anilines is 3. The Morgan fingerprint density at radius 3 is 2.59 bits per heavy atom. The average Bonchev–Trinajstić information content (AvgIpc) is 2.26. The summed E-state index contributed by atoms with van der Waals surface area (Å²) in [5.41, 5.74) is 9.21. The highest BCUT2D eigenvalue weighted by molar-refractivity contribution is 6.32. The van der Waals surface area contributed by atoms with Crippen molar-refractivity contribution in [2.45, 2.75) is 6.92 Å². The number of nitrogens with one attached hydrogen (secondary N) is 1. The molecule has 0 aliphatic carbocycles. The Morgan fingerprint density at radius 1 is 1.12 bits per heavy atom. The van der Waals surface area contributed by atoms with Crippen molar-refractivity contribution in [3.8, 4) is 0 Å². The highest BCUT2D eigenvalue weighted by atomic mass is 35.5. The van der Waals surface area contributed by atoms with E-state index in [1.807, 2.05) is 37.3 Å². The third-order valence-electron chi connectivity index (χ3n) is 2.43. The lowest BCUT2D eigenvalue weighted by atomic mass is 10.2. The van der Waals surface area contributed by atoms with Crippen LogP contribution in [-0.4, -0.2) is 0 Å². The zero-order valence-corrected chi connectivity index (χ0v) is 10.8. The zero-order valence-electron chi connectivity index (χ0n) is 9.30. The molecule has 0 saturated heterocycles. The summed E-state index contributed by atoms with van der Waals surface area (Å²) in [4.78, 5) is 0. The lowest BCUT2D eigenvalue weighted by molar-refractivity contribution is 1.45. The molecule has 2 rings (SSSR count). The van der Waals surface area contributed by atoms with Crippen LogP contribution in [0.4, 0.5) is 17.1 Å². The standard InChI is InChI=1S/C13H12Cl2N2/c1-8-5-13(12(16)7-11(8)15)17-10-4-2-3-9(14)6-10/h2-7,17H,16H2,1H3. The van der Waals surface area contributed by atoms with Crippen molar-refractivity contribution in [1.29, 1.82) is 0 Å². The van der Waals surface area contributed by atoms with Crippen molar-refractivity contribution in [2.24, 2.45) is 0 Å². The van der Waals surface area contributed by atoms with Gasteiger partial charge in [0.15, 0.2) is 0 Å². The third-order valence-corrected chi connectivity index (χ3v) is 3.08. The molecule has 0 radical (unpaired) electrons. The van der Waals surface area contributed by atoms with E-state index in [1.54, 1.807) is 6.07 Å². The van der Waals surface area contributed by atoms with Gasteiger partial charge in [0, 0.05) is 15.7 Å². The molecule has 0 spiro atoms. The molecule has 0 aliphatic heterocycles. The van der Waals surface area contributed by atoms with Gasteiger partial charge in [-0.3, -0.25) is 0 Å². The van der Waals surface area contributed by atoms with Crippen molar-refractivity contribution in [3.05, 3.63) is 52.0 Å². The van der Waals surface area contributed by atoms with Crippen LogP contribution in [0.2, 0.25) is 10.0 Å². The van der Waals surface area contributed by atoms with E-state index in [4.69, 9.17) is 28.9 Å². The molecule has 2 nitrogen and oxygen atoms in total. The summed E-state index contributed by atoms with van der Waals surface area (Å²) in [5.74, 6) is 0. The Labute approximate surface area is 110 Å². The Hall–Kier alpha value is -1.38. The third kappa shape index (κ3) is 2.84. The summed E-state index contributed by atoms with van der Waals surface area (Å²) in [6, 6.07) is 11.1. The fraction of sp³-hybridized carbons (Fsp3) is 0.0769. The number of nitrogens with two attached hydrogens (primary N) is 1. The maximum absolute atomic E-state index is 5.99. The lowest BCUT2D eigenvalue weighted by Crippen LogP contribution is -1.97. The quantitative estimate of drug-likeness (QED) is 0.778. The fourth-order valence-electron chi connectivity index (χ4n) is 1.53. The molecular formula is C13H12Cl2N2. The van der Waals surface area contributed by atoms with Crippen LogP contribution in [0.25, 0.3) is 0 Å². The van der Waals surface area contributed by atoms with Gasteiger partial charge in [-0.2, -0.15) is 0 Å². The van der Waals surface area contributed by atoms with Gasteiger partial charge in [0.1, 0.15) is 0 Å². The molecule has 0 unspecified atom stereocenters. The molecule has 0 amide bonds. The van der Waals surface area contributed by atoms with Crippen molar-refractivity contribution >= 4 is 40.3 Å². The van der Waals surface area contributed by atoms with Crippen molar-refractivity contribution < 1.29 is 0 Å². The minimum Gasteiger partial charge on any atom is -0.397 e. The maximum atomic E-state index is 5.99. The first-order chi connectivity index (χ1) is 8.06. The highest BCUT2D eigenvalue weighted by Crippen LogP contribution is 2.29. The molecule has 88 valence electrons. The molecule has 2 aromatic carbocycles. The predicted octanol–water partition coefficient (Wildman–Crippen LogP) is 4.63. The molecular weight excluding hydrogens is 255 g/mol. The van der Waals surface area contributed by atoms with Crippen LogP contribution in [0.3, 0.4) is 0 Å². The summed E-state index contributed by atoms with van der Waals surface area (Å²) in [7, 11) is 0. The zero-order chi connectivity index (χ0) is 12.4. The number of halogens is 2. The summed E-state index contributed by atoms with van der Waals surface area (Å²) >= 11 is 11.9. The fourth-order valence-corrected chi connectivity index (χ4v) is 1.89. The minimum absolute atomic E-state index is 0.612. The number of hydrogen-bond acceptors (Lipinski definition) is 2. The van der Waals surface area contributed by atoms with Gasteiger partial charge in [0.05, 0.1) is 11.4 Å². The van der Waals surface area contributed by atoms with Crippen molar-refractivity contribution in [2.75, 3.05) is 11.1 Å². The molecule has 17 heavy (non-hydrogen) atoms. The van der Waals surface area contributed by atoms with E-state index in [-0.39, 0.29) is 0 Å². The van der Waals surface area contributed by atoms with E-state index in [2.05, 4.69) is 5.32 Å². The number of hydrogen-bond donors (Lipinski definition) is 2. The second-order valence-corrected chi connectivity index (χ2v) is 4.67. The average molecular weight is 267 g/mol. The van der Waals surface area contributed by atoms with Crippen molar-refractivity contribution in [1.82, 2.24) is 0 Å². The Balaban J connectivity index is 2.33. The molecule has 0 bridgehead atoms. The smallest absolute Gasteiger partial charge is 0.0621 e. The molecule has 0 aliphatic rings. The van der Waals surface area contributed by atoms with Gasteiger partial charge in [0.25, 0.3) is 0 Å². The van der Waals surface area contributed by atoms with Crippen LogP contribution in [0.15, 0.2) is 36.4 Å². The van der Waals surface area contributed by atoms with E-state index in [1.165, 1.54) is 0 Å². The first kappa shape index (κ1) is 12.1. The van der Waals surface area contributed by atoms with Crippen LogP contribution in [0.1, 0.15) is 5.56 Å². The van der Waals surface area contributed by atoms with Gasteiger partial charge in [-0.1, -0.05) is 29.3 Å². The van der Waals surface area contributed by atoms with Crippen LogP contribution in [-0.2, 0) is 0 Å². The van der Waals surface area contributed by atoms with Gasteiger partial charge in [-0.05, 0) is 42.8 Å². The Morgan fingerprint density at radius 2 is 1.88 bits per heavy atom. The highest BCUT2D eigenvalue weighted by Gasteiger charge is 2.04. The lowest BCUT2D eigenvalue weighted by Gasteiger charge is -2.11. The largest absolute Gasteiger partial charge is 0.397 e. The van der Waals surface area contributed by atoms with Crippen LogP contribution >= 0.6 is 23.2 Å².